The minimum Gasteiger partial charge on any atom is -0.399 e. The van der Waals surface area contributed by atoms with Crippen molar-refractivity contribution in [3.05, 3.63) is 23.8 Å². The number of benzene rings is 1. The number of amides is 1. The number of nitrogen functional groups attached to an aromatic ring is 1. The monoisotopic (exact) mass is 296 g/mol. The molecule has 20 heavy (non-hydrogen) atoms. The predicted molar refractivity (Wildman–Crippen MR) is 86.2 cm³/mol. The maximum absolute atomic E-state index is 11.8. The van der Waals surface area contributed by atoms with Crippen molar-refractivity contribution in [3.63, 3.8) is 0 Å². The first-order valence-electron chi connectivity index (χ1n) is 6.97. The Morgan fingerprint density at radius 3 is 2.80 bits per heavy atom. The van der Waals surface area contributed by atoms with Crippen molar-refractivity contribution in [1.82, 2.24) is 0 Å². The van der Waals surface area contributed by atoms with E-state index in [0.29, 0.717) is 24.3 Å². The van der Waals surface area contributed by atoms with E-state index in [1.54, 1.807) is 12.1 Å². The lowest BCUT2D eigenvalue weighted by Crippen LogP contribution is -2.16. The topological polar surface area (TPSA) is 72.2 Å². The lowest BCUT2D eigenvalue weighted by molar-refractivity contribution is -0.116. The Labute approximate surface area is 123 Å². The van der Waals surface area contributed by atoms with Crippen LogP contribution in [0.25, 0.3) is 0 Å². The lowest BCUT2D eigenvalue weighted by atomic mass is 10.1. The van der Waals surface area contributed by atoms with Crippen molar-refractivity contribution < 1.29 is 9.00 Å². The molecule has 0 aliphatic rings. The fourth-order valence-corrected chi connectivity index (χ4v) is 2.95. The van der Waals surface area contributed by atoms with Gasteiger partial charge in [-0.1, -0.05) is 19.9 Å². The Kier molecular flexibility index (Phi) is 6.71. The highest BCUT2D eigenvalue weighted by Crippen LogP contribution is 2.18. The summed E-state index contributed by atoms with van der Waals surface area (Å²) < 4.78 is 11.8. The van der Waals surface area contributed by atoms with Crippen molar-refractivity contribution in [1.29, 1.82) is 0 Å². The van der Waals surface area contributed by atoms with Gasteiger partial charge in [0.25, 0.3) is 0 Å². The van der Waals surface area contributed by atoms with Crippen molar-refractivity contribution >= 4 is 28.1 Å². The molecule has 1 rings (SSSR count). The number of hydrogen-bond acceptors (Lipinski definition) is 3. The average molecular weight is 296 g/mol. The summed E-state index contributed by atoms with van der Waals surface area (Å²) >= 11 is 0. The van der Waals surface area contributed by atoms with Crippen LogP contribution in [0.15, 0.2) is 18.2 Å². The first kappa shape index (κ1) is 16.7. The van der Waals surface area contributed by atoms with Crippen LogP contribution in [0.3, 0.4) is 0 Å². The number of aryl methyl sites for hydroxylation is 1. The van der Waals surface area contributed by atoms with E-state index in [0.717, 1.165) is 17.7 Å². The molecule has 0 aliphatic heterocycles. The van der Waals surface area contributed by atoms with Gasteiger partial charge in [-0.05, 0) is 37.5 Å². The number of carbonyl (C=O) groups excluding carboxylic acids is 1. The molecule has 2 atom stereocenters. The first-order valence-corrected chi connectivity index (χ1v) is 8.35. The molecule has 0 fully saturated rings. The number of hydrogen-bond donors (Lipinski definition) is 2. The van der Waals surface area contributed by atoms with Gasteiger partial charge in [0.05, 0.1) is 0 Å². The van der Waals surface area contributed by atoms with Crippen molar-refractivity contribution in [2.75, 3.05) is 16.8 Å². The van der Waals surface area contributed by atoms with Crippen LogP contribution in [-0.4, -0.2) is 21.1 Å². The summed E-state index contributed by atoms with van der Waals surface area (Å²) in [5, 5.41) is 3.05. The predicted octanol–water partition coefficient (Wildman–Crippen LogP) is 2.84. The third-order valence-electron chi connectivity index (χ3n) is 3.31. The minimum atomic E-state index is -0.836. The van der Waals surface area contributed by atoms with Gasteiger partial charge in [-0.25, -0.2) is 0 Å². The van der Waals surface area contributed by atoms with E-state index < -0.39 is 10.8 Å². The molecule has 4 nitrogen and oxygen atoms in total. The zero-order valence-electron chi connectivity index (χ0n) is 12.4. The SMILES string of the molecule is CCC(C)S(=O)CCCC(=O)Nc1cc(N)ccc1C. The third kappa shape index (κ3) is 5.33. The van der Waals surface area contributed by atoms with Gasteiger partial charge in [0.2, 0.25) is 5.91 Å². The Bertz CT molecular complexity index is 489. The zero-order chi connectivity index (χ0) is 15.1. The van der Waals surface area contributed by atoms with Gasteiger partial charge in [-0.3, -0.25) is 9.00 Å². The number of rotatable bonds is 7. The summed E-state index contributed by atoms with van der Waals surface area (Å²) in [5.41, 5.74) is 8.06. The average Bonchev–Trinajstić information content (AvgIpc) is 2.41. The van der Waals surface area contributed by atoms with Gasteiger partial charge in [0, 0.05) is 39.6 Å². The highest BCUT2D eigenvalue weighted by atomic mass is 32.2. The van der Waals surface area contributed by atoms with Crippen molar-refractivity contribution in [2.24, 2.45) is 0 Å². The molecule has 5 heteroatoms. The molecule has 0 saturated carbocycles. The molecule has 1 aromatic rings. The molecule has 1 aromatic carbocycles. The number of nitrogens with one attached hydrogen (secondary N) is 1. The van der Waals surface area contributed by atoms with Gasteiger partial charge in [-0.15, -0.1) is 0 Å². The normalized spacial score (nSPS) is 13.8. The van der Waals surface area contributed by atoms with Crippen molar-refractivity contribution in [3.8, 4) is 0 Å². The second-order valence-corrected chi connectivity index (χ2v) is 7.00. The molecule has 0 heterocycles. The smallest absolute Gasteiger partial charge is 0.224 e. The summed E-state index contributed by atoms with van der Waals surface area (Å²) in [6.07, 6.45) is 1.93. The molecule has 0 bridgehead atoms. The molecule has 0 radical (unpaired) electrons. The van der Waals surface area contributed by atoms with Crippen LogP contribution >= 0.6 is 0 Å². The van der Waals surface area contributed by atoms with Crippen LogP contribution in [0.2, 0.25) is 0 Å². The van der Waals surface area contributed by atoms with E-state index >= 15 is 0 Å². The summed E-state index contributed by atoms with van der Waals surface area (Å²) in [6.45, 7) is 5.93. The van der Waals surface area contributed by atoms with Gasteiger partial charge in [-0.2, -0.15) is 0 Å². The summed E-state index contributed by atoms with van der Waals surface area (Å²) in [6, 6.07) is 5.44. The molecular formula is C15H24N2O2S. The Morgan fingerprint density at radius 2 is 2.15 bits per heavy atom. The van der Waals surface area contributed by atoms with E-state index in [1.807, 2.05) is 26.8 Å². The lowest BCUT2D eigenvalue weighted by Gasteiger charge is -2.10. The molecule has 1 amide bonds. The molecule has 0 aliphatic carbocycles. The largest absolute Gasteiger partial charge is 0.399 e. The Morgan fingerprint density at radius 1 is 1.45 bits per heavy atom. The second-order valence-electron chi connectivity index (χ2n) is 5.03. The summed E-state index contributed by atoms with van der Waals surface area (Å²) in [5.74, 6) is 0.526. The van der Waals surface area contributed by atoms with Crippen molar-refractivity contribution in [2.45, 2.75) is 45.3 Å². The van der Waals surface area contributed by atoms with Crippen LogP contribution in [0.4, 0.5) is 11.4 Å². The van der Waals surface area contributed by atoms with E-state index in [4.69, 9.17) is 5.73 Å². The number of anilines is 2. The highest BCUT2D eigenvalue weighted by molar-refractivity contribution is 7.85. The molecule has 0 aromatic heterocycles. The quantitative estimate of drug-likeness (QED) is 0.760. The van der Waals surface area contributed by atoms with Crippen LogP contribution in [0.1, 0.15) is 38.7 Å². The summed E-state index contributed by atoms with van der Waals surface area (Å²) in [4.78, 5) is 11.8. The maximum atomic E-state index is 11.8. The molecule has 0 saturated heterocycles. The van der Waals surface area contributed by atoms with Crippen LogP contribution in [0, 0.1) is 6.92 Å². The molecular weight excluding hydrogens is 272 g/mol. The van der Waals surface area contributed by atoms with Crippen LogP contribution in [0.5, 0.6) is 0 Å². The summed E-state index contributed by atoms with van der Waals surface area (Å²) in [7, 11) is -0.836. The van der Waals surface area contributed by atoms with E-state index in [1.165, 1.54) is 0 Å². The molecule has 112 valence electrons. The van der Waals surface area contributed by atoms with E-state index in [9.17, 15) is 9.00 Å². The highest BCUT2D eigenvalue weighted by Gasteiger charge is 2.10. The molecule has 3 N–H and O–H groups in total. The van der Waals surface area contributed by atoms with Gasteiger partial charge >= 0.3 is 0 Å². The maximum Gasteiger partial charge on any atom is 0.224 e. The number of nitrogens with two attached hydrogens (primary N) is 1. The fraction of sp³-hybridized carbons (Fsp3) is 0.533. The van der Waals surface area contributed by atoms with Gasteiger partial charge in [0.15, 0.2) is 0 Å². The van der Waals surface area contributed by atoms with Crippen LogP contribution in [-0.2, 0) is 15.6 Å². The number of carbonyl (C=O) groups is 1. The van der Waals surface area contributed by atoms with Crippen LogP contribution < -0.4 is 11.1 Å². The van der Waals surface area contributed by atoms with Gasteiger partial charge in [0.1, 0.15) is 0 Å². The van der Waals surface area contributed by atoms with Gasteiger partial charge < -0.3 is 11.1 Å². The minimum absolute atomic E-state index is 0.0557. The van der Waals surface area contributed by atoms with E-state index in [2.05, 4.69) is 5.32 Å². The molecule has 2 unspecified atom stereocenters. The standard InChI is InChI=1S/C15H24N2O2S/c1-4-12(3)20(19)9-5-6-15(18)17-14-10-13(16)8-7-11(14)2/h7-8,10,12H,4-6,9,16H2,1-3H3,(H,17,18). The third-order valence-corrected chi connectivity index (χ3v) is 5.23. The Balaban J connectivity index is 2.41. The van der Waals surface area contributed by atoms with E-state index in [-0.39, 0.29) is 11.2 Å². The first-order chi connectivity index (χ1) is 9.43. The Hall–Kier alpha value is -1.36. The molecule has 0 spiro atoms. The zero-order valence-corrected chi connectivity index (χ0v) is 13.3. The second kappa shape index (κ2) is 8.04. The fourth-order valence-electron chi connectivity index (χ4n) is 1.75.